The van der Waals surface area contributed by atoms with Crippen molar-refractivity contribution >= 4 is 11.9 Å². The summed E-state index contributed by atoms with van der Waals surface area (Å²) in [5, 5.41) is 27.4. The van der Waals surface area contributed by atoms with Crippen LogP contribution in [0.4, 0.5) is 4.39 Å². The Bertz CT molecular complexity index is 1060. The van der Waals surface area contributed by atoms with Crippen molar-refractivity contribution in [3.05, 3.63) is 77.4 Å². The third-order valence-corrected chi connectivity index (χ3v) is 5.57. The van der Waals surface area contributed by atoms with Gasteiger partial charge in [0.25, 0.3) is 0 Å². The molecule has 1 aromatic heterocycles. The molecular weight excluding hydrogens is 443 g/mol. The van der Waals surface area contributed by atoms with Crippen molar-refractivity contribution in [3.63, 3.8) is 0 Å². The van der Waals surface area contributed by atoms with Crippen molar-refractivity contribution in [2.45, 2.75) is 19.5 Å². The monoisotopic (exact) mass is 470 g/mol. The van der Waals surface area contributed by atoms with E-state index in [1.165, 1.54) is 12.1 Å². The summed E-state index contributed by atoms with van der Waals surface area (Å²) in [5.41, 5.74) is 2.15. The fourth-order valence-electron chi connectivity index (χ4n) is 3.78. The number of hydrogen-bond acceptors (Lipinski definition) is 7. The number of carbonyl (C=O) groups is 2. The predicted molar refractivity (Wildman–Crippen MR) is 121 cm³/mol. The van der Waals surface area contributed by atoms with Gasteiger partial charge in [-0.2, -0.15) is 0 Å². The molecule has 10 nitrogen and oxygen atoms in total. The van der Waals surface area contributed by atoms with E-state index in [9.17, 15) is 4.39 Å². The number of carboxylic acid groups (broad SMARTS) is 2. The van der Waals surface area contributed by atoms with Crippen LogP contribution in [0.3, 0.4) is 0 Å². The first-order valence-corrected chi connectivity index (χ1v) is 10.9. The molecule has 3 aromatic rings. The maximum atomic E-state index is 13.5. The van der Waals surface area contributed by atoms with E-state index in [4.69, 9.17) is 19.8 Å². The zero-order chi connectivity index (χ0) is 24.5. The number of benzene rings is 2. The zero-order valence-electron chi connectivity index (χ0n) is 18.8. The highest BCUT2D eigenvalue weighted by molar-refractivity contribution is 6.27. The quantitative estimate of drug-likeness (QED) is 0.518. The standard InChI is InChI=1S/C21H25FN6.C2H2O4/c1-2-26-12-14-27(15-13-26)20(18-8-10-19(22)11-9-18)21-23-24-25-28(21)16-17-6-4-3-5-7-17;3-1(4)2(5)6/h3-11,20H,2,12-16H2,1H3;(H,3,4)(H,5,6). The number of nitrogens with zero attached hydrogens (tertiary/aromatic N) is 6. The minimum absolute atomic E-state index is 0.0988. The van der Waals surface area contributed by atoms with Crippen LogP contribution in [-0.4, -0.2) is 84.9 Å². The molecule has 1 fully saturated rings. The van der Waals surface area contributed by atoms with Gasteiger partial charge in [0.2, 0.25) is 0 Å². The summed E-state index contributed by atoms with van der Waals surface area (Å²) in [6.45, 7) is 7.72. The van der Waals surface area contributed by atoms with Crippen LogP contribution in [-0.2, 0) is 16.1 Å². The summed E-state index contributed by atoms with van der Waals surface area (Å²) in [7, 11) is 0. The molecule has 0 amide bonds. The number of piperazine rings is 1. The molecule has 2 N–H and O–H groups in total. The highest BCUT2D eigenvalue weighted by Crippen LogP contribution is 2.28. The summed E-state index contributed by atoms with van der Waals surface area (Å²) in [5.74, 6) is -3.09. The van der Waals surface area contributed by atoms with Crippen LogP contribution in [0.15, 0.2) is 54.6 Å². The van der Waals surface area contributed by atoms with Gasteiger partial charge in [0.05, 0.1) is 12.6 Å². The van der Waals surface area contributed by atoms with Crippen LogP contribution in [0, 0.1) is 5.82 Å². The second-order valence-electron chi connectivity index (χ2n) is 7.71. The Hall–Kier alpha value is -3.70. The molecule has 0 bridgehead atoms. The lowest BCUT2D eigenvalue weighted by Crippen LogP contribution is -2.48. The number of tetrazole rings is 1. The molecule has 34 heavy (non-hydrogen) atoms. The number of aromatic nitrogens is 4. The Morgan fingerprint density at radius 2 is 1.59 bits per heavy atom. The molecule has 1 atom stereocenters. The number of halogens is 1. The molecule has 4 rings (SSSR count). The van der Waals surface area contributed by atoms with E-state index >= 15 is 0 Å². The molecule has 0 saturated carbocycles. The van der Waals surface area contributed by atoms with Crippen molar-refractivity contribution in [2.24, 2.45) is 0 Å². The van der Waals surface area contributed by atoms with Gasteiger partial charge < -0.3 is 15.1 Å². The number of aliphatic carboxylic acids is 2. The Kier molecular flexibility index (Phi) is 8.77. The summed E-state index contributed by atoms with van der Waals surface area (Å²) >= 11 is 0. The molecule has 1 aliphatic rings. The van der Waals surface area contributed by atoms with Gasteiger partial charge in [-0.05, 0) is 40.2 Å². The molecule has 2 heterocycles. The Morgan fingerprint density at radius 3 is 2.15 bits per heavy atom. The van der Waals surface area contributed by atoms with E-state index in [0.29, 0.717) is 6.54 Å². The van der Waals surface area contributed by atoms with Crippen molar-refractivity contribution in [2.75, 3.05) is 32.7 Å². The normalized spacial score (nSPS) is 15.2. The average Bonchev–Trinajstić information content (AvgIpc) is 3.29. The SMILES string of the molecule is CCN1CCN(C(c2ccc(F)cc2)c2nnnn2Cc2ccccc2)CC1.O=C(O)C(=O)O. The topological polar surface area (TPSA) is 125 Å². The van der Waals surface area contributed by atoms with Crippen molar-refractivity contribution in [3.8, 4) is 0 Å². The summed E-state index contributed by atoms with van der Waals surface area (Å²) in [6, 6.07) is 16.8. The lowest BCUT2D eigenvalue weighted by molar-refractivity contribution is -0.159. The molecular formula is C23H27FN6O4. The van der Waals surface area contributed by atoms with Crippen molar-refractivity contribution in [1.29, 1.82) is 0 Å². The van der Waals surface area contributed by atoms with Gasteiger partial charge in [0.1, 0.15) is 5.82 Å². The van der Waals surface area contributed by atoms with Gasteiger partial charge in [-0.3, -0.25) is 4.90 Å². The zero-order valence-corrected chi connectivity index (χ0v) is 18.8. The Labute approximate surface area is 196 Å². The largest absolute Gasteiger partial charge is 0.473 e. The highest BCUT2D eigenvalue weighted by atomic mass is 19.1. The maximum Gasteiger partial charge on any atom is 0.414 e. The molecule has 0 radical (unpaired) electrons. The first-order valence-electron chi connectivity index (χ1n) is 10.9. The number of carboxylic acids is 2. The van der Waals surface area contributed by atoms with Gasteiger partial charge in [-0.15, -0.1) is 5.10 Å². The minimum Gasteiger partial charge on any atom is -0.473 e. The van der Waals surface area contributed by atoms with Crippen LogP contribution in [0.5, 0.6) is 0 Å². The summed E-state index contributed by atoms with van der Waals surface area (Å²) in [6.07, 6.45) is 0. The van der Waals surface area contributed by atoms with E-state index in [2.05, 4.69) is 44.4 Å². The maximum absolute atomic E-state index is 13.5. The van der Waals surface area contributed by atoms with Gasteiger partial charge in [-0.25, -0.2) is 18.7 Å². The summed E-state index contributed by atoms with van der Waals surface area (Å²) in [4.78, 5) is 23.0. The molecule has 1 unspecified atom stereocenters. The van der Waals surface area contributed by atoms with E-state index in [0.717, 1.165) is 49.7 Å². The molecule has 0 aliphatic carbocycles. The third-order valence-electron chi connectivity index (χ3n) is 5.57. The van der Waals surface area contributed by atoms with Gasteiger partial charge in [-0.1, -0.05) is 49.4 Å². The second kappa shape index (κ2) is 12.0. The Balaban J connectivity index is 0.000000481. The first-order chi connectivity index (χ1) is 16.4. The predicted octanol–water partition coefficient (Wildman–Crippen LogP) is 1.74. The molecule has 1 aliphatic heterocycles. The molecule has 1 saturated heterocycles. The smallest absolute Gasteiger partial charge is 0.414 e. The van der Waals surface area contributed by atoms with Gasteiger partial charge in [0, 0.05) is 26.2 Å². The van der Waals surface area contributed by atoms with E-state index in [1.54, 1.807) is 0 Å². The molecule has 180 valence electrons. The van der Waals surface area contributed by atoms with Crippen molar-refractivity contribution in [1.82, 2.24) is 30.0 Å². The molecule has 11 heteroatoms. The lowest BCUT2D eigenvalue weighted by Gasteiger charge is -2.38. The van der Waals surface area contributed by atoms with Crippen molar-refractivity contribution < 1.29 is 24.2 Å². The minimum atomic E-state index is -1.82. The number of hydrogen-bond donors (Lipinski definition) is 2. The summed E-state index contributed by atoms with van der Waals surface area (Å²) < 4.78 is 15.4. The van der Waals surface area contributed by atoms with Crippen LogP contribution >= 0.6 is 0 Å². The molecule has 2 aromatic carbocycles. The van der Waals surface area contributed by atoms with Crippen LogP contribution in [0.1, 0.15) is 29.9 Å². The highest BCUT2D eigenvalue weighted by Gasteiger charge is 2.30. The first kappa shape index (κ1) is 24.9. The van der Waals surface area contributed by atoms with E-state index in [-0.39, 0.29) is 11.9 Å². The number of likely N-dealkylation sites (N-methyl/N-ethyl adjacent to an activating group) is 1. The van der Waals surface area contributed by atoms with Crippen LogP contribution < -0.4 is 0 Å². The fraction of sp³-hybridized carbons (Fsp3) is 0.348. The van der Waals surface area contributed by atoms with E-state index < -0.39 is 11.9 Å². The second-order valence-corrected chi connectivity index (χ2v) is 7.71. The Morgan fingerprint density at radius 1 is 0.971 bits per heavy atom. The third kappa shape index (κ3) is 6.65. The fourth-order valence-corrected chi connectivity index (χ4v) is 3.78. The van der Waals surface area contributed by atoms with E-state index in [1.807, 2.05) is 35.0 Å². The molecule has 0 spiro atoms. The van der Waals surface area contributed by atoms with Crippen LogP contribution in [0.2, 0.25) is 0 Å². The van der Waals surface area contributed by atoms with Gasteiger partial charge >= 0.3 is 11.9 Å². The average molecular weight is 471 g/mol. The van der Waals surface area contributed by atoms with Gasteiger partial charge in [0.15, 0.2) is 5.82 Å². The van der Waals surface area contributed by atoms with Crippen LogP contribution in [0.25, 0.3) is 0 Å². The number of rotatable bonds is 6. The lowest BCUT2D eigenvalue weighted by atomic mass is 10.0.